The van der Waals surface area contributed by atoms with Crippen molar-refractivity contribution < 1.29 is 14.3 Å². The zero-order valence-electron chi connectivity index (χ0n) is 12.0. The number of ether oxygens (including phenoxy) is 1. The summed E-state index contributed by atoms with van der Waals surface area (Å²) < 4.78 is 5.49. The molecule has 1 atom stereocenters. The SMILES string of the molecule is CCC1(C)NC(=O)N(CCOc2ccccc2C#N)C1=O. The Morgan fingerprint density at radius 2 is 2.10 bits per heavy atom. The predicted molar refractivity (Wildman–Crippen MR) is 75.6 cm³/mol. The summed E-state index contributed by atoms with van der Waals surface area (Å²) in [5.41, 5.74) is -0.408. The molecule has 110 valence electrons. The molecule has 3 amide bonds. The number of para-hydroxylation sites is 1. The molecule has 2 rings (SSSR count). The minimum absolute atomic E-state index is 0.150. The van der Waals surface area contributed by atoms with Crippen molar-refractivity contribution in [3.05, 3.63) is 29.8 Å². The highest BCUT2D eigenvalue weighted by atomic mass is 16.5. The molecule has 0 radical (unpaired) electrons. The molecule has 1 fully saturated rings. The fourth-order valence-electron chi connectivity index (χ4n) is 2.12. The Labute approximate surface area is 123 Å². The lowest BCUT2D eigenvalue weighted by Gasteiger charge is -2.19. The van der Waals surface area contributed by atoms with Crippen molar-refractivity contribution in [3.63, 3.8) is 0 Å². The van der Waals surface area contributed by atoms with Gasteiger partial charge in [0.15, 0.2) is 0 Å². The number of amides is 3. The van der Waals surface area contributed by atoms with E-state index in [0.717, 1.165) is 4.90 Å². The van der Waals surface area contributed by atoms with Gasteiger partial charge in [-0.1, -0.05) is 19.1 Å². The van der Waals surface area contributed by atoms with Crippen LogP contribution in [0.15, 0.2) is 24.3 Å². The number of nitrogens with one attached hydrogen (secondary N) is 1. The third-order valence-electron chi connectivity index (χ3n) is 3.63. The molecular formula is C15H17N3O3. The summed E-state index contributed by atoms with van der Waals surface area (Å²) >= 11 is 0. The van der Waals surface area contributed by atoms with E-state index in [9.17, 15) is 9.59 Å². The fraction of sp³-hybridized carbons (Fsp3) is 0.400. The molecule has 1 aromatic carbocycles. The average molecular weight is 287 g/mol. The number of benzene rings is 1. The summed E-state index contributed by atoms with van der Waals surface area (Å²) in [6.07, 6.45) is 0.534. The monoisotopic (exact) mass is 287 g/mol. The van der Waals surface area contributed by atoms with Crippen LogP contribution in [0, 0.1) is 11.3 Å². The molecule has 0 aliphatic carbocycles. The summed E-state index contributed by atoms with van der Waals surface area (Å²) in [7, 11) is 0. The van der Waals surface area contributed by atoms with E-state index in [1.54, 1.807) is 31.2 Å². The highest BCUT2D eigenvalue weighted by Gasteiger charge is 2.46. The molecule has 6 nitrogen and oxygen atoms in total. The number of nitriles is 1. The van der Waals surface area contributed by atoms with Crippen LogP contribution in [0.25, 0.3) is 0 Å². The van der Waals surface area contributed by atoms with Gasteiger partial charge in [0.2, 0.25) is 0 Å². The van der Waals surface area contributed by atoms with Gasteiger partial charge in [0, 0.05) is 0 Å². The molecule has 1 saturated heterocycles. The van der Waals surface area contributed by atoms with E-state index < -0.39 is 11.6 Å². The summed E-state index contributed by atoms with van der Waals surface area (Å²) in [5, 5.41) is 11.6. The smallest absolute Gasteiger partial charge is 0.325 e. The van der Waals surface area contributed by atoms with E-state index in [4.69, 9.17) is 10.00 Å². The third-order valence-corrected chi connectivity index (χ3v) is 3.63. The van der Waals surface area contributed by atoms with Gasteiger partial charge >= 0.3 is 6.03 Å². The molecule has 1 aliphatic rings. The van der Waals surface area contributed by atoms with Crippen LogP contribution in [-0.2, 0) is 4.79 Å². The molecule has 0 spiro atoms. The highest BCUT2D eigenvalue weighted by Crippen LogP contribution is 2.21. The van der Waals surface area contributed by atoms with E-state index in [0.29, 0.717) is 17.7 Å². The van der Waals surface area contributed by atoms with Crippen LogP contribution < -0.4 is 10.1 Å². The number of rotatable bonds is 5. The lowest BCUT2D eigenvalue weighted by Crippen LogP contribution is -2.43. The Hall–Kier alpha value is -2.55. The minimum atomic E-state index is -0.832. The summed E-state index contributed by atoms with van der Waals surface area (Å²) in [5.74, 6) is 0.206. The van der Waals surface area contributed by atoms with E-state index in [2.05, 4.69) is 5.32 Å². The van der Waals surface area contributed by atoms with Crippen molar-refractivity contribution in [1.82, 2.24) is 10.2 Å². The van der Waals surface area contributed by atoms with Crippen molar-refractivity contribution in [2.24, 2.45) is 0 Å². The van der Waals surface area contributed by atoms with E-state index in [-0.39, 0.29) is 19.1 Å². The summed E-state index contributed by atoms with van der Waals surface area (Å²) in [6.45, 7) is 3.86. The van der Waals surface area contributed by atoms with Gasteiger partial charge in [-0.3, -0.25) is 9.69 Å². The summed E-state index contributed by atoms with van der Waals surface area (Å²) in [6, 6.07) is 8.47. The van der Waals surface area contributed by atoms with Crippen molar-refractivity contribution in [2.45, 2.75) is 25.8 Å². The fourth-order valence-corrected chi connectivity index (χ4v) is 2.12. The van der Waals surface area contributed by atoms with Crippen LogP contribution in [0.3, 0.4) is 0 Å². The maximum Gasteiger partial charge on any atom is 0.325 e. The second kappa shape index (κ2) is 5.83. The predicted octanol–water partition coefficient (Wildman–Crippen LogP) is 1.66. The number of hydrogen-bond donors (Lipinski definition) is 1. The number of imide groups is 1. The second-order valence-corrected chi connectivity index (χ2v) is 5.03. The van der Waals surface area contributed by atoms with Gasteiger partial charge in [-0.25, -0.2) is 4.79 Å². The van der Waals surface area contributed by atoms with Crippen LogP contribution in [0.2, 0.25) is 0 Å². The van der Waals surface area contributed by atoms with E-state index in [1.807, 2.05) is 13.0 Å². The molecule has 21 heavy (non-hydrogen) atoms. The van der Waals surface area contributed by atoms with Crippen molar-refractivity contribution in [2.75, 3.05) is 13.2 Å². The lowest BCUT2D eigenvalue weighted by atomic mass is 9.99. The topological polar surface area (TPSA) is 82.4 Å². The quantitative estimate of drug-likeness (QED) is 0.835. The van der Waals surface area contributed by atoms with Crippen molar-refractivity contribution in [1.29, 1.82) is 5.26 Å². The Morgan fingerprint density at radius 1 is 1.38 bits per heavy atom. The first-order valence-corrected chi connectivity index (χ1v) is 6.78. The maximum atomic E-state index is 12.2. The Kier molecular flexibility index (Phi) is 4.13. The third kappa shape index (κ3) is 2.82. The molecule has 6 heteroatoms. The Balaban J connectivity index is 1.97. The molecule has 0 saturated carbocycles. The van der Waals surface area contributed by atoms with E-state index in [1.165, 1.54) is 0 Å². The number of carbonyl (C=O) groups excluding carboxylic acids is 2. The Bertz CT molecular complexity index is 608. The molecular weight excluding hydrogens is 270 g/mol. The first kappa shape index (κ1) is 14.9. The van der Waals surface area contributed by atoms with Gasteiger partial charge < -0.3 is 10.1 Å². The summed E-state index contributed by atoms with van der Waals surface area (Å²) in [4.78, 5) is 25.1. The standard InChI is InChI=1S/C15H17N3O3/c1-3-15(2)13(19)18(14(20)17-15)8-9-21-12-7-5-4-6-11(12)10-16/h4-7H,3,8-9H2,1-2H3,(H,17,20). The van der Waals surface area contributed by atoms with Crippen LogP contribution in [-0.4, -0.2) is 35.5 Å². The largest absolute Gasteiger partial charge is 0.490 e. The molecule has 0 aromatic heterocycles. The van der Waals surface area contributed by atoms with Gasteiger partial charge in [-0.15, -0.1) is 0 Å². The zero-order chi connectivity index (χ0) is 15.5. The number of nitrogens with zero attached hydrogens (tertiary/aromatic N) is 2. The Morgan fingerprint density at radius 3 is 2.71 bits per heavy atom. The molecule has 1 aliphatic heterocycles. The average Bonchev–Trinajstić information content (AvgIpc) is 2.71. The van der Waals surface area contributed by atoms with Crippen molar-refractivity contribution in [3.8, 4) is 11.8 Å². The molecule has 1 aromatic rings. The van der Waals surface area contributed by atoms with E-state index >= 15 is 0 Å². The van der Waals surface area contributed by atoms with Gasteiger partial charge in [0.05, 0.1) is 12.1 Å². The normalized spacial score (nSPS) is 21.1. The van der Waals surface area contributed by atoms with Crippen molar-refractivity contribution >= 4 is 11.9 Å². The second-order valence-electron chi connectivity index (χ2n) is 5.03. The van der Waals surface area contributed by atoms with Crippen LogP contribution in [0.1, 0.15) is 25.8 Å². The maximum absolute atomic E-state index is 12.2. The van der Waals surface area contributed by atoms with Gasteiger partial charge in [-0.05, 0) is 25.5 Å². The number of urea groups is 1. The first-order valence-electron chi connectivity index (χ1n) is 6.78. The van der Waals surface area contributed by atoms with Gasteiger partial charge in [-0.2, -0.15) is 5.26 Å². The van der Waals surface area contributed by atoms with Gasteiger partial charge in [0.1, 0.15) is 24.0 Å². The zero-order valence-corrected chi connectivity index (χ0v) is 12.0. The number of hydrogen-bond acceptors (Lipinski definition) is 4. The van der Waals surface area contributed by atoms with Crippen LogP contribution >= 0.6 is 0 Å². The van der Waals surface area contributed by atoms with Crippen LogP contribution in [0.5, 0.6) is 5.75 Å². The van der Waals surface area contributed by atoms with Crippen LogP contribution in [0.4, 0.5) is 4.79 Å². The highest BCUT2D eigenvalue weighted by molar-refractivity contribution is 6.06. The number of carbonyl (C=O) groups is 2. The lowest BCUT2D eigenvalue weighted by molar-refractivity contribution is -0.131. The van der Waals surface area contributed by atoms with Gasteiger partial charge in [0.25, 0.3) is 5.91 Å². The molecule has 1 N–H and O–H groups in total. The molecule has 1 unspecified atom stereocenters. The molecule has 1 heterocycles. The first-order chi connectivity index (χ1) is 10.0. The minimum Gasteiger partial charge on any atom is -0.490 e. The molecule has 0 bridgehead atoms.